The van der Waals surface area contributed by atoms with Gasteiger partial charge in [0.15, 0.2) is 0 Å². The van der Waals surface area contributed by atoms with Gasteiger partial charge in [-0.1, -0.05) is 35.6 Å². The molecule has 1 N–H and O–H groups in total. The smallest absolute Gasteiger partial charge is 0.358 e. The van der Waals surface area contributed by atoms with Gasteiger partial charge >= 0.3 is 5.82 Å². The van der Waals surface area contributed by atoms with Crippen molar-refractivity contribution < 1.29 is 4.92 Å². The van der Waals surface area contributed by atoms with Crippen molar-refractivity contribution in [2.24, 2.45) is 0 Å². The molecule has 3 rings (SSSR count). The summed E-state index contributed by atoms with van der Waals surface area (Å²) in [5.41, 5.74) is 2.24. The summed E-state index contributed by atoms with van der Waals surface area (Å²) in [4.78, 5) is 15.8. The van der Waals surface area contributed by atoms with E-state index >= 15 is 0 Å². The molecule has 2 aromatic heterocycles. The van der Waals surface area contributed by atoms with Crippen molar-refractivity contribution in [3.05, 3.63) is 57.1 Å². The van der Waals surface area contributed by atoms with Crippen molar-refractivity contribution in [1.29, 1.82) is 0 Å². The van der Waals surface area contributed by atoms with Crippen molar-refractivity contribution in [1.82, 2.24) is 9.38 Å². The van der Waals surface area contributed by atoms with E-state index in [-0.39, 0.29) is 11.9 Å². The Hall–Kier alpha value is -2.41. The molecular weight excluding hydrogens is 288 g/mol. The summed E-state index contributed by atoms with van der Waals surface area (Å²) in [5.74, 6) is 0.286. The molecule has 0 radical (unpaired) electrons. The molecule has 3 aromatic rings. The van der Waals surface area contributed by atoms with Crippen molar-refractivity contribution in [3.8, 4) is 0 Å². The van der Waals surface area contributed by atoms with E-state index < -0.39 is 4.92 Å². The van der Waals surface area contributed by atoms with Gasteiger partial charge < -0.3 is 15.4 Å². The molecule has 21 heavy (non-hydrogen) atoms. The van der Waals surface area contributed by atoms with Crippen LogP contribution in [0.5, 0.6) is 0 Å². The highest BCUT2D eigenvalue weighted by atomic mass is 32.1. The molecule has 1 atom stereocenters. The average Bonchev–Trinajstić information content (AvgIpc) is 2.98. The Balaban J connectivity index is 1.98. The number of hydrogen-bond acceptors (Lipinski definition) is 5. The molecule has 0 amide bonds. The van der Waals surface area contributed by atoms with Crippen LogP contribution in [0, 0.1) is 17.0 Å². The molecule has 0 bridgehead atoms. The summed E-state index contributed by atoms with van der Waals surface area (Å²) in [5, 5.41) is 16.2. The minimum atomic E-state index is -0.403. The first-order valence-electron chi connectivity index (χ1n) is 6.50. The first-order valence-corrected chi connectivity index (χ1v) is 7.38. The molecule has 0 spiro atoms. The first-order chi connectivity index (χ1) is 10.1. The Kier molecular flexibility index (Phi) is 3.34. The van der Waals surface area contributed by atoms with Crippen LogP contribution in [-0.2, 0) is 0 Å². The van der Waals surface area contributed by atoms with Gasteiger partial charge in [0.25, 0.3) is 4.96 Å². The highest BCUT2D eigenvalue weighted by molar-refractivity contribution is 7.15. The second-order valence-corrected chi connectivity index (χ2v) is 5.69. The Morgan fingerprint density at radius 3 is 2.90 bits per heavy atom. The molecule has 0 fully saturated rings. The predicted octanol–water partition coefficient (Wildman–Crippen LogP) is 3.79. The Morgan fingerprint density at radius 2 is 2.19 bits per heavy atom. The van der Waals surface area contributed by atoms with Crippen molar-refractivity contribution in [3.63, 3.8) is 0 Å². The van der Waals surface area contributed by atoms with Crippen LogP contribution in [-0.4, -0.2) is 14.3 Å². The van der Waals surface area contributed by atoms with Gasteiger partial charge in [0.2, 0.25) is 5.82 Å². The van der Waals surface area contributed by atoms with Gasteiger partial charge in [-0.3, -0.25) is 0 Å². The number of imidazole rings is 1. The fourth-order valence-electron chi connectivity index (χ4n) is 2.40. The van der Waals surface area contributed by atoms with Crippen LogP contribution < -0.4 is 5.32 Å². The summed E-state index contributed by atoms with van der Waals surface area (Å²) in [7, 11) is 0. The number of benzene rings is 1. The number of thiazole rings is 1. The standard InChI is InChI=1S/C14H14N4O2S/c1-9-5-3-4-6-11(9)10(2)15-12-13(18(19)20)17-7-8-21-14(17)16-12/h3-8,10,15H,1-2H3. The second kappa shape index (κ2) is 5.17. The number of nitrogens with one attached hydrogen (secondary N) is 1. The van der Waals surface area contributed by atoms with Gasteiger partial charge in [-0.2, -0.15) is 9.38 Å². The van der Waals surface area contributed by atoms with Crippen molar-refractivity contribution in [2.45, 2.75) is 19.9 Å². The fraction of sp³-hybridized carbons (Fsp3) is 0.214. The number of rotatable bonds is 4. The molecule has 1 aromatic carbocycles. The third-order valence-corrected chi connectivity index (χ3v) is 4.17. The fourth-order valence-corrected chi connectivity index (χ4v) is 3.11. The van der Waals surface area contributed by atoms with Crippen LogP contribution in [0.3, 0.4) is 0 Å². The van der Waals surface area contributed by atoms with Crippen LogP contribution in [0.4, 0.5) is 11.6 Å². The molecule has 0 saturated carbocycles. The molecule has 108 valence electrons. The van der Waals surface area contributed by atoms with Crippen LogP contribution in [0.1, 0.15) is 24.1 Å². The molecule has 6 nitrogen and oxygen atoms in total. The molecule has 1 unspecified atom stereocenters. The Morgan fingerprint density at radius 1 is 1.43 bits per heavy atom. The molecule has 2 heterocycles. The Labute approximate surface area is 125 Å². The van der Waals surface area contributed by atoms with E-state index in [1.807, 2.05) is 38.1 Å². The maximum absolute atomic E-state index is 11.3. The Bertz CT molecular complexity index is 808. The van der Waals surface area contributed by atoms with E-state index in [1.165, 1.54) is 15.7 Å². The number of aromatic nitrogens is 2. The summed E-state index contributed by atoms with van der Waals surface area (Å²) >= 11 is 1.37. The van der Waals surface area contributed by atoms with Gasteiger partial charge in [-0.05, 0) is 29.9 Å². The molecule has 0 aliphatic heterocycles. The third-order valence-electron chi connectivity index (χ3n) is 3.42. The lowest BCUT2D eigenvalue weighted by Crippen LogP contribution is -2.10. The first kappa shape index (κ1) is 13.6. The topological polar surface area (TPSA) is 72.5 Å². The molecule has 0 aliphatic carbocycles. The summed E-state index contributed by atoms with van der Waals surface area (Å²) in [6.45, 7) is 3.99. The van der Waals surface area contributed by atoms with Gasteiger partial charge in [0, 0.05) is 5.38 Å². The van der Waals surface area contributed by atoms with Gasteiger partial charge in [0.1, 0.15) is 6.20 Å². The molecule has 0 aliphatic rings. The number of nitro groups is 1. The van der Waals surface area contributed by atoms with Gasteiger partial charge in [-0.15, -0.1) is 0 Å². The monoisotopic (exact) mass is 302 g/mol. The van der Waals surface area contributed by atoms with Gasteiger partial charge in [-0.25, -0.2) is 0 Å². The van der Waals surface area contributed by atoms with E-state index in [9.17, 15) is 10.1 Å². The molecular formula is C14H14N4O2S. The van der Waals surface area contributed by atoms with Gasteiger partial charge in [0.05, 0.1) is 6.04 Å². The highest BCUT2D eigenvalue weighted by Crippen LogP contribution is 2.31. The summed E-state index contributed by atoms with van der Waals surface area (Å²) in [6.07, 6.45) is 1.66. The lowest BCUT2D eigenvalue weighted by Gasteiger charge is -2.15. The van der Waals surface area contributed by atoms with Crippen LogP contribution >= 0.6 is 11.3 Å². The lowest BCUT2D eigenvalue weighted by molar-refractivity contribution is -0.389. The van der Waals surface area contributed by atoms with E-state index in [2.05, 4.69) is 10.3 Å². The predicted molar refractivity (Wildman–Crippen MR) is 82.9 cm³/mol. The molecule has 0 saturated heterocycles. The number of nitrogens with zero attached hydrogens (tertiary/aromatic N) is 3. The SMILES string of the molecule is Cc1ccccc1C(C)Nc1nc2sccn2c1[N+](=O)[O-]. The van der Waals surface area contributed by atoms with Crippen molar-refractivity contribution >= 4 is 27.9 Å². The van der Waals surface area contributed by atoms with E-state index in [0.717, 1.165) is 11.1 Å². The van der Waals surface area contributed by atoms with E-state index in [1.54, 1.807) is 11.6 Å². The zero-order valence-corrected chi connectivity index (χ0v) is 12.4. The summed E-state index contributed by atoms with van der Waals surface area (Å²) in [6, 6.07) is 7.90. The number of hydrogen-bond donors (Lipinski definition) is 1. The zero-order chi connectivity index (χ0) is 15.0. The highest BCUT2D eigenvalue weighted by Gasteiger charge is 2.25. The van der Waals surface area contributed by atoms with Crippen molar-refractivity contribution in [2.75, 3.05) is 5.32 Å². The normalized spacial score (nSPS) is 12.5. The zero-order valence-electron chi connectivity index (χ0n) is 11.6. The number of aryl methyl sites for hydroxylation is 1. The molecule has 7 heteroatoms. The number of fused-ring (bicyclic) bond motifs is 1. The average molecular weight is 302 g/mol. The second-order valence-electron chi connectivity index (χ2n) is 4.82. The minimum absolute atomic E-state index is 0.0216. The largest absolute Gasteiger partial charge is 0.372 e. The van der Waals surface area contributed by atoms with Crippen LogP contribution in [0.2, 0.25) is 0 Å². The maximum atomic E-state index is 11.3. The third kappa shape index (κ3) is 2.36. The van der Waals surface area contributed by atoms with Crippen LogP contribution in [0.25, 0.3) is 4.96 Å². The minimum Gasteiger partial charge on any atom is -0.358 e. The maximum Gasteiger partial charge on any atom is 0.372 e. The lowest BCUT2D eigenvalue weighted by atomic mass is 10.0. The van der Waals surface area contributed by atoms with E-state index in [4.69, 9.17) is 0 Å². The number of anilines is 1. The summed E-state index contributed by atoms with van der Waals surface area (Å²) < 4.78 is 1.50. The van der Waals surface area contributed by atoms with Crippen LogP contribution in [0.15, 0.2) is 35.8 Å². The quantitative estimate of drug-likeness (QED) is 0.588. The van der Waals surface area contributed by atoms with E-state index in [0.29, 0.717) is 10.8 Å².